The summed E-state index contributed by atoms with van der Waals surface area (Å²) >= 11 is 0. The Morgan fingerprint density at radius 1 is 0.762 bits per heavy atom. The topological polar surface area (TPSA) is 64.2 Å². The van der Waals surface area contributed by atoms with E-state index in [1.807, 2.05) is 0 Å². The van der Waals surface area contributed by atoms with Gasteiger partial charge < -0.3 is 20.5 Å². The monoisotopic (exact) mass is 308 g/mol. The van der Waals surface area contributed by atoms with Gasteiger partial charge in [0.2, 0.25) is 0 Å². The summed E-state index contributed by atoms with van der Waals surface area (Å²) < 4.78 is 0. The van der Waals surface area contributed by atoms with E-state index < -0.39 is 5.97 Å². The quantitative estimate of drug-likeness (QED) is 0.279. The molecule has 0 radical (unpaired) electrons. The Kier molecular flexibility index (Phi) is 23.0. The Bertz CT molecular complexity index is 216. The van der Waals surface area contributed by atoms with Crippen LogP contribution in [0.15, 0.2) is 0 Å². The normalized spacial score (nSPS) is 10.3. The Balaban J connectivity index is 0. The van der Waals surface area contributed by atoms with Crippen molar-refractivity contribution in [2.45, 2.75) is 71.1 Å². The molecule has 0 aromatic heterocycles. The average Bonchev–Trinajstić information content (AvgIpc) is 2.43. The van der Waals surface area contributed by atoms with Crippen molar-refractivity contribution in [1.29, 1.82) is 0 Å². The maximum atomic E-state index is 10.2. The molecule has 0 spiro atoms. The van der Waals surface area contributed by atoms with E-state index >= 15 is 0 Å². The van der Waals surface area contributed by atoms with E-state index in [1.165, 1.54) is 57.8 Å². The van der Waals surface area contributed by atoms with Crippen LogP contribution >= 0.6 is 0 Å². The Hall–Kier alpha value is 0.390. The van der Waals surface area contributed by atoms with Crippen LogP contribution in [-0.4, -0.2) is 32.1 Å². The Morgan fingerprint density at radius 3 is 1.76 bits per heavy atom. The molecule has 0 aromatic carbocycles. The summed E-state index contributed by atoms with van der Waals surface area (Å²) in [6.07, 6.45) is 12.3. The second-order valence-corrected chi connectivity index (χ2v) is 5.45. The molecule has 120 valence electrons. The first-order valence-electron chi connectivity index (χ1n) is 8.38. The third-order valence-electron chi connectivity index (χ3n) is 3.44. The van der Waals surface area contributed by atoms with E-state index in [-0.39, 0.29) is 36.0 Å². The SMILES string of the molecule is CCCCCCCCCCCNCCNCCC(=O)[O-].[Na+]. The van der Waals surface area contributed by atoms with E-state index in [9.17, 15) is 9.90 Å². The maximum absolute atomic E-state index is 10.2. The van der Waals surface area contributed by atoms with Crippen molar-refractivity contribution in [2.24, 2.45) is 0 Å². The number of carboxylic acids is 1. The van der Waals surface area contributed by atoms with Gasteiger partial charge in [-0.25, -0.2) is 0 Å². The van der Waals surface area contributed by atoms with Crippen LogP contribution in [0, 0.1) is 0 Å². The van der Waals surface area contributed by atoms with Gasteiger partial charge in [0.1, 0.15) is 0 Å². The molecule has 0 aliphatic heterocycles. The number of carbonyl (C=O) groups excluding carboxylic acids is 1. The largest absolute Gasteiger partial charge is 1.00 e. The second-order valence-electron chi connectivity index (χ2n) is 5.45. The fraction of sp³-hybridized carbons (Fsp3) is 0.938. The van der Waals surface area contributed by atoms with Gasteiger partial charge in [0.05, 0.1) is 0 Å². The van der Waals surface area contributed by atoms with Crippen molar-refractivity contribution in [1.82, 2.24) is 10.6 Å². The van der Waals surface area contributed by atoms with E-state index in [0.717, 1.165) is 19.6 Å². The molecule has 21 heavy (non-hydrogen) atoms. The number of nitrogens with one attached hydrogen (secondary N) is 2. The van der Waals surface area contributed by atoms with Crippen molar-refractivity contribution in [3.63, 3.8) is 0 Å². The summed E-state index contributed by atoms with van der Waals surface area (Å²) in [6, 6.07) is 0. The molecule has 0 fully saturated rings. The first-order chi connectivity index (χ1) is 9.77. The molecule has 0 aliphatic rings. The molecule has 0 saturated heterocycles. The molecular weight excluding hydrogens is 275 g/mol. The molecular formula is C16H33N2NaO2. The first kappa shape index (κ1) is 23.7. The van der Waals surface area contributed by atoms with Crippen molar-refractivity contribution >= 4 is 5.97 Å². The summed E-state index contributed by atoms with van der Waals surface area (Å²) in [4.78, 5) is 10.2. The molecule has 0 aromatic rings. The predicted octanol–water partition coefficient (Wildman–Crippen LogP) is -1.16. The van der Waals surface area contributed by atoms with E-state index in [0.29, 0.717) is 6.54 Å². The Labute approximate surface area is 153 Å². The summed E-state index contributed by atoms with van der Waals surface area (Å²) in [6.45, 7) is 5.56. The molecule has 4 nitrogen and oxygen atoms in total. The number of aliphatic carboxylic acids is 1. The smallest absolute Gasteiger partial charge is 0.550 e. The van der Waals surface area contributed by atoms with Gasteiger partial charge in [-0.3, -0.25) is 0 Å². The molecule has 0 saturated carbocycles. The van der Waals surface area contributed by atoms with E-state index in [4.69, 9.17) is 0 Å². The number of carbonyl (C=O) groups is 1. The fourth-order valence-electron chi connectivity index (χ4n) is 2.18. The van der Waals surface area contributed by atoms with Gasteiger partial charge in [-0.05, 0) is 19.4 Å². The van der Waals surface area contributed by atoms with Crippen molar-refractivity contribution in [3.8, 4) is 0 Å². The zero-order valence-corrected chi connectivity index (χ0v) is 16.2. The Morgan fingerprint density at radius 2 is 1.24 bits per heavy atom. The standard InChI is InChI=1S/C16H34N2O2.Na/c1-2-3-4-5-6-7-8-9-10-12-17-14-15-18-13-11-16(19)20;/h17-18H,2-15H2,1H3,(H,19,20);/q;+1/p-1. The minimum absolute atomic E-state index is 0. The fourth-order valence-corrected chi connectivity index (χ4v) is 2.18. The second kappa shape index (κ2) is 20.4. The summed E-state index contributed by atoms with van der Waals surface area (Å²) in [5.74, 6) is -0.986. The molecule has 5 heteroatoms. The molecule has 0 heterocycles. The molecule has 0 rings (SSSR count). The van der Waals surface area contributed by atoms with Gasteiger partial charge in [0.15, 0.2) is 0 Å². The van der Waals surface area contributed by atoms with Crippen LogP contribution in [0.3, 0.4) is 0 Å². The number of unbranched alkanes of at least 4 members (excludes halogenated alkanes) is 8. The summed E-state index contributed by atoms with van der Waals surface area (Å²) in [5.41, 5.74) is 0. The van der Waals surface area contributed by atoms with Crippen LogP contribution in [0.4, 0.5) is 0 Å². The third kappa shape index (κ3) is 22.8. The van der Waals surface area contributed by atoms with Gasteiger partial charge in [0.25, 0.3) is 0 Å². The van der Waals surface area contributed by atoms with Crippen LogP contribution < -0.4 is 45.3 Å². The van der Waals surface area contributed by atoms with Gasteiger partial charge in [-0.15, -0.1) is 0 Å². The van der Waals surface area contributed by atoms with Crippen LogP contribution in [-0.2, 0) is 4.79 Å². The van der Waals surface area contributed by atoms with Gasteiger partial charge in [-0.1, -0.05) is 58.3 Å². The first-order valence-corrected chi connectivity index (χ1v) is 8.38. The van der Waals surface area contributed by atoms with Gasteiger partial charge in [0, 0.05) is 25.6 Å². The number of hydrogen-bond donors (Lipinski definition) is 2. The number of rotatable bonds is 16. The van der Waals surface area contributed by atoms with Crippen LogP contribution in [0.5, 0.6) is 0 Å². The molecule has 0 unspecified atom stereocenters. The summed E-state index contributed by atoms with van der Waals surface area (Å²) in [7, 11) is 0. The van der Waals surface area contributed by atoms with Crippen molar-refractivity contribution in [3.05, 3.63) is 0 Å². The van der Waals surface area contributed by atoms with Crippen molar-refractivity contribution in [2.75, 3.05) is 26.2 Å². The van der Waals surface area contributed by atoms with Gasteiger partial charge >= 0.3 is 29.6 Å². The minimum Gasteiger partial charge on any atom is -0.550 e. The van der Waals surface area contributed by atoms with Crippen LogP contribution in [0.25, 0.3) is 0 Å². The number of carboxylic acid groups (broad SMARTS) is 1. The minimum atomic E-state index is -0.986. The van der Waals surface area contributed by atoms with E-state index in [1.54, 1.807) is 0 Å². The van der Waals surface area contributed by atoms with E-state index in [2.05, 4.69) is 17.6 Å². The zero-order chi connectivity index (χ0) is 14.9. The number of hydrogen-bond acceptors (Lipinski definition) is 4. The van der Waals surface area contributed by atoms with Gasteiger partial charge in [-0.2, -0.15) is 0 Å². The summed E-state index contributed by atoms with van der Waals surface area (Å²) in [5, 5.41) is 16.6. The average molecular weight is 308 g/mol. The van der Waals surface area contributed by atoms with Crippen LogP contribution in [0.1, 0.15) is 71.1 Å². The molecule has 2 N–H and O–H groups in total. The molecule has 0 atom stereocenters. The van der Waals surface area contributed by atoms with Crippen LogP contribution in [0.2, 0.25) is 0 Å². The van der Waals surface area contributed by atoms with Crippen molar-refractivity contribution < 1.29 is 39.5 Å². The molecule has 0 amide bonds. The zero-order valence-electron chi connectivity index (χ0n) is 14.2. The molecule has 0 aliphatic carbocycles. The maximum Gasteiger partial charge on any atom is 1.00 e. The molecule has 0 bridgehead atoms. The predicted molar refractivity (Wildman–Crippen MR) is 82.6 cm³/mol. The third-order valence-corrected chi connectivity index (χ3v) is 3.44.